The molecule has 1 aromatic heterocycles. The van der Waals surface area contributed by atoms with Crippen molar-refractivity contribution >= 4 is 0 Å². The van der Waals surface area contributed by atoms with Gasteiger partial charge in [-0.3, -0.25) is 0 Å². The Hall–Kier alpha value is -1.77. The molecule has 0 spiro atoms. The Labute approximate surface area is 83.0 Å². The predicted octanol–water partition coefficient (Wildman–Crippen LogP) is 1.76. The van der Waals surface area contributed by atoms with Crippen molar-refractivity contribution in [2.24, 2.45) is 0 Å². The van der Waals surface area contributed by atoms with Crippen LogP contribution in [0.4, 0.5) is 0 Å². The summed E-state index contributed by atoms with van der Waals surface area (Å²) in [6.45, 7) is 1.47. The molecule has 1 heterocycles. The first-order valence-electron chi connectivity index (χ1n) is 4.50. The van der Waals surface area contributed by atoms with E-state index in [1.165, 1.54) is 0 Å². The highest BCUT2D eigenvalue weighted by Crippen LogP contribution is 2.07. The first-order valence-corrected chi connectivity index (χ1v) is 4.50. The quantitative estimate of drug-likeness (QED) is 0.729. The maximum atomic E-state index is 5.51. The number of benzene rings is 1. The summed E-state index contributed by atoms with van der Waals surface area (Å²) in [5, 5.41) is 0. The summed E-state index contributed by atoms with van der Waals surface area (Å²) in [4.78, 5) is 3.95. The van der Waals surface area contributed by atoms with Crippen LogP contribution >= 0.6 is 0 Å². The number of rotatable bonds is 4. The Kier molecular flexibility index (Phi) is 2.81. The monoisotopic (exact) mass is 187 g/mol. The van der Waals surface area contributed by atoms with Crippen molar-refractivity contribution < 1.29 is 4.74 Å². The number of imidazole rings is 1. The van der Waals surface area contributed by atoms with Gasteiger partial charge >= 0.3 is 0 Å². The molecule has 0 unspecified atom stereocenters. The van der Waals surface area contributed by atoms with E-state index in [2.05, 4.69) is 11.1 Å². The lowest BCUT2D eigenvalue weighted by Crippen LogP contribution is -2.06. The molecule has 0 fully saturated rings. The highest BCUT2D eigenvalue weighted by molar-refractivity contribution is 5.20. The van der Waals surface area contributed by atoms with Crippen molar-refractivity contribution in [3.63, 3.8) is 0 Å². The van der Waals surface area contributed by atoms with E-state index in [1.807, 2.05) is 35.0 Å². The van der Waals surface area contributed by atoms with Crippen LogP contribution in [0.2, 0.25) is 0 Å². The van der Waals surface area contributed by atoms with Crippen LogP contribution in [0.5, 0.6) is 5.75 Å². The Morgan fingerprint density at radius 3 is 2.93 bits per heavy atom. The number of hydrogen-bond donors (Lipinski definition) is 0. The summed E-state index contributed by atoms with van der Waals surface area (Å²) in [6.07, 6.45) is 5.46. The van der Waals surface area contributed by atoms with Gasteiger partial charge in [-0.05, 0) is 18.2 Å². The molecule has 0 saturated heterocycles. The van der Waals surface area contributed by atoms with Gasteiger partial charge in [-0.25, -0.2) is 4.98 Å². The number of nitrogens with zero attached hydrogens (tertiary/aromatic N) is 2. The lowest BCUT2D eigenvalue weighted by atomic mass is 10.3. The molecule has 1 radical (unpaired) electrons. The normalized spacial score (nSPS) is 10.0. The van der Waals surface area contributed by atoms with Gasteiger partial charge in [0.2, 0.25) is 0 Å². The summed E-state index contributed by atoms with van der Waals surface area (Å²) in [7, 11) is 0. The minimum absolute atomic E-state index is 0.653. The van der Waals surface area contributed by atoms with Crippen LogP contribution < -0.4 is 4.74 Å². The largest absolute Gasteiger partial charge is 0.492 e. The van der Waals surface area contributed by atoms with Crippen LogP contribution in [0.25, 0.3) is 0 Å². The number of hydrogen-bond acceptors (Lipinski definition) is 2. The Morgan fingerprint density at radius 1 is 1.36 bits per heavy atom. The number of aromatic nitrogens is 2. The van der Waals surface area contributed by atoms with Crippen LogP contribution in [-0.2, 0) is 6.54 Å². The Bertz CT molecular complexity index is 356. The molecule has 0 bridgehead atoms. The summed E-state index contributed by atoms with van der Waals surface area (Å²) in [5.74, 6) is 0.879. The Balaban J connectivity index is 1.79. The highest BCUT2D eigenvalue weighted by atomic mass is 16.5. The molecule has 0 amide bonds. The molecular formula is C11H11N2O. The second kappa shape index (κ2) is 4.46. The van der Waals surface area contributed by atoms with E-state index in [0.29, 0.717) is 6.61 Å². The van der Waals surface area contributed by atoms with Gasteiger partial charge in [-0.2, -0.15) is 0 Å². The highest BCUT2D eigenvalue weighted by Gasteiger charge is 1.92. The average Bonchev–Trinajstić information content (AvgIpc) is 2.72. The van der Waals surface area contributed by atoms with Gasteiger partial charge < -0.3 is 9.30 Å². The van der Waals surface area contributed by atoms with Crippen LogP contribution in [0.15, 0.2) is 43.0 Å². The van der Waals surface area contributed by atoms with Crippen molar-refractivity contribution in [1.29, 1.82) is 0 Å². The van der Waals surface area contributed by atoms with Crippen molar-refractivity contribution in [3.8, 4) is 5.75 Å². The first kappa shape index (κ1) is 8.81. The van der Waals surface area contributed by atoms with Gasteiger partial charge in [-0.1, -0.05) is 12.1 Å². The maximum absolute atomic E-state index is 5.51. The SMILES string of the molecule is [c]1ccc(OCCn2ccnc2)cc1. The number of ether oxygens (including phenoxy) is 1. The summed E-state index contributed by atoms with van der Waals surface area (Å²) < 4.78 is 7.49. The van der Waals surface area contributed by atoms with Gasteiger partial charge in [0, 0.05) is 12.4 Å². The fraction of sp³-hybridized carbons (Fsp3) is 0.182. The fourth-order valence-corrected chi connectivity index (χ4v) is 1.16. The van der Waals surface area contributed by atoms with Crippen LogP contribution in [0.1, 0.15) is 0 Å². The molecule has 2 rings (SSSR count). The Morgan fingerprint density at radius 2 is 2.21 bits per heavy atom. The summed E-state index contributed by atoms with van der Waals surface area (Å²) in [5.41, 5.74) is 0. The second-order valence-electron chi connectivity index (χ2n) is 2.88. The van der Waals surface area contributed by atoms with E-state index >= 15 is 0 Å². The molecule has 0 N–H and O–H groups in total. The van der Waals surface area contributed by atoms with Crippen molar-refractivity contribution in [2.75, 3.05) is 6.61 Å². The molecule has 1 aromatic carbocycles. The van der Waals surface area contributed by atoms with Crippen LogP contribution in [0.3, 0.4) is 0 Å². The molecular weight excluding hydrogens is 176 g/mol. The third-order valence-corrected chi connectivity index (χ3v) is 1.87. The third-order valence-electron chi connectivity index (χ3n) is 1.87. The molecule has 0 aliphatic heterocycles. The summed E-state index contributed by atoms with van der Waals surface area (Å²) in [6, 6.07) is 10.4. The standard InChI is InChI=1S/C11H11N2O/c1-2-4-11(5-3-1)14-9-8-13-7-6-12-10-13/h2-7,10H,8-9H2. The zero-order valence-electron chi connectivity index (χ0n) is 7.76. The molecule has 71 valence electrons. The third kappa shape index (κ3) is 2.36. The van der Waals surface area contributed by atoms with Gasteiger partial charge in [0.05, 0.1) is 12.9 Å². The molecule has 14 heavy (non-hydrogen) atoms. The van der Waals surface area contributed by atoms with E-state index in [9.17, 15) is 0 Å². The van der Waals surface area contributed by atoms with Gasteiger partial charge in [0.25, 0.3) is 0 Å². The molecule has 0 atom stereocenters. The van der Waals surface area contributed by atoms with Gasteiger partial charge in [-0.15, -0.1) is 0 Å². The molecule has 2 aromatic rings. The molecule has 0 aliphatic carbocycles. The molecule has 3 nitrogen and oxygen atoms in total. The van der Waals surface area contributed by atoms with E-state index in [0.717, 1.165) is 12.3 Å². The minimum atomic E-state index is 0.653. The average molecular weight is 187 g/mol. The first-order chi connectivity index (χ1) is 6.95. The lowest BCUT2D eigenvalue weighted by Gasteiger charge is -2.05. The van der Waals surface area contributed by atoms with Gasteiger partial charge in [0.15, 0.2) is 0 Å². The van der Waals surface area contributed by atoms with E-state index in [1.54, 1.807) is 12.5 Å². The maximum Gasteiger partial charge on any atom is 0.119 e. The second-order valence-corrected chi connectivity index (χ2v) is 2.88. The van der Waals surface area contributed by atoms with Crippen molar-refractivity contribution in [2.45, 2.75) is 6.54 Å². The van der Waals surface area contributed by atoms with Crippen LogP contribution in [0, 0.1) is 6.07 Å². The zero-order chi connectivity index (χ0) is 9.64. The molecule has 3 heteroatoms. The van der Waals surface area contributed by atoms with E-state index < -0.39 is 0 Å². The summed E-state index contributed by atoms with van der Waals surface area (Å²) >= 11 is 0. The van der Waals surface area contributed by atoms with Crippen molar-refractivity contribution in [3.05, 3.63) is 49.1 Å². The fourth-order valence-electron chi connectivity index (χ4n) is 1.16. The predicted molar refractivity (Wildman–Crippen MR) is 53.0 cm³/mol. The minimum Gasteiger partial charge on any atom is -0.492 e. The van der Waals surface area contributed by atoms with Gasteiger partial charge in [0.1, 0.15) is 12.4 Å². The topological polar surface area (TPSA) is 27.1 Å². The van der Waals surface area contributed by atoms with Crippen LogP contribution in [-0.4, -0.2) is 16.2 Å². The molecule has 0 saturated carbocycles. The smallest absolute Gasteiger partial charge is 0.119 e. The van der Waals surface area contributed by atoms with Crippen molar-refractivity contribution in [1.82, 2.24) is 9.55 Å². The lowest BCUT2D eigenvalue weighted by molar-refractivity contribution is 0.298. The molecule has 0 aliphatic rings. The van der Waals surface area contributed by atoms with E-state index in [4.69, 9.17) is 4.74 Å². The van der Waals surface area contributed by atoms with E-state index in [-0.39, 0.29) is 0 Å². The zero-order valence-corrected chi connectivity index (χ0v) is 7.76.